The summed E-state index contributed by atoms with van der Waals surface area (Å²) in [5.41, 5.74) is 0. The van der Waals surface area contributed by atoms with Crippen LogP contribution in [0.1, 0.15) is 58.3 Å². The van der Waals surface area contributed by atoms with Gasteiger partial charge < -0.3 is 5.32 Å². The largest absolute Gasteiger partial charge is 0.356 e. The highest BCUT2D eigenvalue weighted by Crippen LogP contribution is 2.30. The van der Waals surface area contributed by atoms with Gasteiger partial charge in [0.05, 0.1) is 0 Å². The van der Waals surface area contributed by atoms with Crippen molar-refractivity contribution in [2.24, 2.45) is 11.8 Å². The lowest BCUT2D eigenvalue weighted by Gasteiger charge is -2.26. The summed E-state index contributed by atoms with van der Waals surface area (Å²) < 4.78 is 0. The van der Waals surface area contributed by atoms with Gasteiger partial charge in [-0.05, 0) is 37.5 Å². The predicted octanol–water partition coefficient (Wildman–Crippen LogP) is 3.88. The van der Waals surface area contributed by atoms with Crippen molar-refractivity contribution < 1.29 is 4.79 Å². The van der Waals surface area contributed by atoms with E-state index in [1.54, 1.807) is 0 Å². The van der Waals surface area contributed by atoms with Crippen molar-refractivity contribution >= 4 is 21.8 Å². The molecule has 1 amide bonds. The molecule has 1 fully saturated rings. The van der Waals surface area contributed by atoms with Gasteiger partial charge in [-0.15, -0.1) is 0 Å². The molecule has 0 aromatic carbocycles. The summed E-state index contributed by atoms with van der Waals surface area (Å²) in [6, 6.07) is 0. The summed E-state index contributed by atoms with van der Waals surface area (Å²) in [5.74, 6) is 1.97. The Kier molecular flexibility index (Phi) is 7.91. The minimum atomic E-state index is 0.231. The maximum atomic E-state index is 11.5. The van der Waals surface area contributed by atoms with Crippen LogP contribution >= 0.6 is 15.9 Å². The minimum absolute atomic E-state index is 0.231. The van der Waals surface area contributed by atoms with E-state index in [4.69, 9.17) is 0 Å². The number of rotatable bonds is 7. The molecule has 2 atom stereocenters. The van der Waals surface area contributed by atoms with Crippen molar-refractivity contribution in [3.05, 3.63) is 0 Å². The summed E-state index contributed by atoms with van der Waals surface area (Å²) in [5, 5.41) is 4.05. The molecule has 2 nitrogen and oxygen atoms in total. The van der Waals surface area contributed by atoms with Crippen molar-refractivity contribution in [2.45, 2.75) is 58.3 Å². The van der Waals surface area contributed by atoms with Crippen molar-refractivity contribution in [2.75, 3.05) is 11.9 Å². The van der Waals surface area contributed by atoms with Crippen LogP contribution in [-0.4, -0.2) is 17.8 Å². The lowest BCUT2D eigenvalue weighted by molar-refractivity contribution is -0.121. The van der Waals surface area contributed by atoms with Gasteiger partial charge >= 0.3 is 0 Å². The fourth-order valence-electron chi connectivity index (χ4n) is 2.71. The number of hydrogen-bond donors (Lipinski definition) is 1. The highest BCUT2D eigenvalue weighted by atomic mass is 79.9. The molecule has 3 heteroatoms. The minimum Gasteiger partial charge on any atom is -0.356 e. The van der Waals surface area contributed by atoms with E-state index in [0.717, 1.165) is 36.6 Å². The summed E-state index contributed by atoms with van der Waals surface area (Å²) in [4.78, 5) is 11.5. The molecular weight excluding hydrogens is 278 g/mol. The molecule has 0 heterocycles. The number of amides is 1. The zero-order valence-corrected chi connectivity index (χ0v) is 12.6. The molecule has 0 aromatic heterocycles. The number of alkyl halides is 1. The Bertz CT molecular complexity index is 220. The molecule has 100 valence electrons. The number of halogens is 1. The first kappa shape index (κ1) is 15.0. The monoisotopic (exact) mass is 303 g/mol. The lowest BCUT2D eigenvalue weighted by atomic mass is 9.81. The van der Waals surface area contributed by atoms with Gasteiger partial charge in [0.25, 0.3) is 0 Å². The van der Waals surface area contributed by atoms with E-state index in [2.05, 4.69) is 28.2 Å². The van der Waals surface area contributed by atoms with E-state index < -0.39 is 0 Å². The van der Waals surface area contributed by atoms with Crippen LogP contribution in [0.15, 0.2) is 0 Å². The number of nitrogens with one attached hydrogen (secondary N) is 1. The average molecular weight is 304 g/mol. The molecule has 17 heavy (non-hydrogen) atoms. The first-order valence-electron chi connectivity index (χ1n) is 7.05. The molecular formula is C14H26BrNO. The topological polar surface area (TPSA) is 29.1 Å². The second kappa shape index (κ2) is 8.96. The van der Waals surface area contributed by atoms with Gasteiger partial charge in [-0.1, -0.05) is 42.1 Å². The van der Waals surface area contributed by atoms with Crippen LogP contribution in [-0.2, 0) is 4.79 Å². The molecule has 0 aromatic rings. The van der Waals surface area contributed by atoms with Crippen LogP contribution in [0.2, 0.25) is 0 Å². The Morgan fingerprint density at radius 2 is 2.18 bits per heavy atom. The fourth-order valence-corrected chi connectivity index (χ4v) is 3.10. The van der Waals surface area contributed by atoms with Crippen molar-refractivity contribution in [3.63, 3.8) is 0 Å². The SMILES string of the molecule is CC1CCCC(CCNC(=O)CCCCBr)C1. The normalized spacial score (nSPS) is 24.6. The Hall–Kier alpha value is -0.0500. The van der Waals surface area contributed by atoms with Crippen LogP contribution < -0.4 is 5.32 Å². The molecule has 0 aliphatic heterocycles. The standard InChI is InChI=1S/C14H26BrNO/c1-12-5-4-6-13(11-12)8-10-16-14(17)7-2-3-9-15/h12-13H,2-11H2,1H3,(H,16,17). The van der Waals surface area contributed by atoms with Crippen molar-refractivity contribution in [3.8, 4) is 0 Å². The van der Waals surface area contributed by atoms with E-state index in [1.165, 1.54) is 32.1 Å². The smallest absolute Gasteiger partial charge is 0.219 e. The van der Waals surface area contributed by atoms with Crippen LogP contribution in [0, 0.1) is 11.8 Å². The maximum Gasteiger partial charge on any atom is 0.219 e. The van der Waals surface area contributed by atoms with Gasteiger partial charge in [-0.2, -0.15) is 0 Å². The predicted molar refractivity (Wildman–Crippen MR) is 76.4 cm³/mol. The summed E-state index contributed by atoms with van der Waals surface area (Å²) in [6.07, 6.45) is 9.45. The molecule has 1 rings (SSSR count). The summed E-state index contributed by atoms with van der Waals surface area (Å²) >= 11 is 3.38. The number of carbonyl (C=O) groups excluding carboxylic acids is 1. The molecule has 1 N–H and O–H groups in total. The summed E-state index contributed by atoms with van der Waals surface area (Å²) in [6.45, 7) is 3.23. The molecule has 1 aliphatic carbocycles. The third-order valence-electron chi connectivity index (χ3n) is 3.71. The van der Waals surface area contributed by atoms with Crippen LogP contribution in [0.3, 0.4) is 0 Å². The van der Waals surface area contributed by atoms with E-state index in [-0.39, 0.29) is 5.91 Å². The second-order valence-corrected chi connectivity index (χ2v) is 6.22. The highest BCUT2D eigenvalue weighted by Gasteiger charge is 2.18. The Balaban J connectivity index is 2.00. The zero-order chi connectivity index (χ0) is 12.5. The van der Waals surface area contributed by atoms with Gasteiger partial charge in [0.1, 0.15) is 0 Å². The Morgan fingerprint density at radius 1 is 1.35 bits per heavy atom. The van der Waals surface area contributed by atoms with E-state index >= 15 is 0 Å². The van der Waals surface area contributed by atoms with Crippen LogP contribution in [0.25, 0.3) is 0 Å². The second-order valence-electron chi connectivity index (χ2n) is 5.42. The molecule has 0 spiro atoms. The van der Waals surface area contributed by atoms with E-state index in [9.17, 15) is 4.79 Å². The quantitative estimate of drug-likeness (QED) is 0.561. The first-order chi connectivity index (χ1) is 8.22. The zero-order valence-electron chi connectivity index (χ0n) is 11.0. The third kappa shape index (κ3) is 7.07. The molecule has 0 radical (unpaired) electrons. The van der Waals surface area contributed by atoms with Gasteiger partial charge in [-0.25, -0.2) is 0 Å². The Labute approximate surface area is 114 Å². The van der Waals surface area contributed by atoms with E-state index in [0.29, 0.717) is 6.42 Å². The Morgan fingerprint density at radius 3 is 2.88 bits per heavy atom. The molecule has 1 aliphatic rings. The third-order valence-corrected chi connectivity index (χ3v) is 4.27. The lowest BCUT2D eigenvalue weighted by Crippen LogP contribution is -2.26. The van der Waals surface area contributed by atoms with Gasteiger partial charge in [-0.3, -0.25) is 4.79 Å². The first-order valence-corrected chi connectivity index (χ1v) is 8.17. The molecule has 1 saturated carbocycles. The molecule has 0 saturated heterocycles. The molecule has 0 bridgehead atoms. The van der Waals surface area contributed by atoms with Gasteiger partial charge in [0, 0.05) is 18.3 Å². The number of carbonyl (C=O) groups is 1. The van der Waals surface area contributed by atoms with Crippen molar-refractivity contribution in [1.29, 1.82) is 0 Å². The van der Waals surface area contributed by atoms with E-state index in [1.807, 2.05) is 0 Å². The highest BCUT2D eigenvalue weighted by molar-refractivity contribution is 9.09. The van der Waals surface area contributed by atoms with Crippen LogP contribution in [0.4, 0.5) is 0 Å². The molecule has 2 unspecified atom stereocenters. The maximum absolute atomic E-state index is 11.5. The van der Waals surface area contributed by atoms with Crippen LogP contribution in [0.5, 0.6) is 0 Å². The number of unbranched alkanes of at least 4 members (excludes halogenated alkanes) is 1. The van der Waals surface area contributed by atoms with Gasteiger partial charge in [0.2, 0.25) is 5.91 Å². The fraction of sp³-hybridized carbons (Fsp3) is 0.929. The van der Waals surface area contributed by atoms with Crippen molar-refractivity contribution in [1.82, 2.24) is 5.32 Å². The van der Waals surface area contributed by atoms with Gasteiger partial charge in [0.15, 0.2) is 0 Å². The average Bonchev–Trinajstić information content (AvgIpc) is 2.29. The number of hydrogen-bond acceptors (Lipinski definition) is 1. The summed E-state index contributed by atoms with van der Waals surface area (Å²) in [7, 11) is 0.